The number of benzene rings is 8. The van der Waals surface area contributed by atoms with Crippen LogP contribution >= 0.6 is 10.0 Å². The van der Waals surface area contributed by atoms with Gasteiger partial charge in [0.05, 0.1) is 0 Å². The molecule has 53 heavy (non-hydrogen) atoms. The summed E-state index contributed by atoms with van der Waals surface area (Å²) in [6.07, 6.45) is 0. The Balaban J connectivity index is 1.67. The molecule has 0 spiro atoms. The molecule has 0 aliphatic rings. The van der Waals surface area contributed by atoms with Crippen molar-refractivity contribution in [3.63, 3.8) is 0 Å². The Morgan fingerprint density at radius 1 is 0.170 bits per heavy atom. The van der Waals surface area contributed by atoms with E-state index >= 15 is 0 Å². The molecule has 0 bridgehead atoms. The van der Waals surface area contributed by atoms with Crippen LogP contribution in [0.2, 0.25) is 0 Å². The maximum atomic E-state index is 2.38. The third-order valence-electron chi connectivity index (χ3n) is 10.5. The van der Waals surface area contributed by atoms with Crippen LogP contribution in [0.15, 0.2) is 243 Å². The van der Waals surface area contributed by atoms with Crippen molar-refractivity contribution >= 4 is 10.0 Å². The molecular formula is C52H44S. The Bertz CT molecular complexity index is 1760. The molecule has 0 N–H and O–H groups in total. The van der Waals surface area contributed by atoms with Crippen LogP contribution in [0.1, 0.15) is 65.5 Å². The van der Waals surface area contributed by atoms with E-state index in [-0.39, 0.29) is 21.0 Å². The lowest BCUT2D eigenvalue weighted by Gasteiger charge is -2.62. The molecule has 0 amide bonds. The molecule has 258 valence electrons. The van der Waals surface area contributed by atoms with Crippen molar-refractivity contribution in [3.8, 4) is 0 Å². The van der Waals surface area contributed by atoms with Gasteiger partial charge in [0.2, 0.25) is 0 Å². The maximum Gasteiger partial charge on any atom is 0.0415 e. The van der Waals surface area contributed by atoms with E-state index in [1.807, 2.05) is 0 Å². The molecule has 0 nitrogen and oxygen atoms in total. The molecule has 1 heteroatoms. The van der Waals surface area contributed by atoms with E-state index in [1.165, 1.54) is 44.5 Å². The molecular weight excluding hydrogens is 657 g/mol. The Labute approximate surface area is 316 Å². The van der Waals surface area contributed by atoms with Crippen molar-refractivity contribution in [3.05, 3.63) is 287 Å². The van der Waals surface area contributed by atoms with Gasteiger partial charge < -0.3 is 0 Å². The largest absolute Gasteiger partial charge is 0.197 e. The zero-order valence-electron chi connectivity index (χ0n) is 29.8. The minimum Gasteiger partial charge on any atom is -0.197 e. The summed E-state index contributed by atoms with van der Waals surface area (Å²) >= 11 is 0. The van der Waals surface area contributed by atoms with E-state index in [2.05, 4.69) is 243 Å². The van der Waals surface area contributed by atoms with Crippen LogP contribution in [0.5, 0.6) is 0 Å². The summed E-state index contributed by atoms with van der Waals surface area (Å²) in [5, 5.41) is 0.0227. The molecule has 0 unspecified atom stereocenters. The van der Waals surface area contributed by atoms with Gasteiger partial charge in [-0.1, -0.05) is 243 Å². The van der Waals surface area contributed by atoms with Crippen molar-refractivity contribution in [2.75, 3.05) is 0 Å². The summed E-state index contributed by atoms with van der Waals surface area (Å²) in [6.45, 7) is 0. The van der Waals surface area contributed by atoms with Crippen molar-refractivity contribution in [2.24, 2.45) is 0 Å². The van der Waals surface area contributed by atoms with Crippen molar-refractivity contribution in [1.82, 2.24) is 0 Å². The number of rotatable bonds is 12. The second-order valence-electron chi connectivity index (χ2n) is 13.6. The van der Waals surface area contributed by atoms with Gasteiger partial charge in [-0.05, 0) is 44.5 Å². The van der Waals surface area contributed by atoms with E-state index in [1.54, 1.807) is 0 Å². The highest BCUT2D eigenvalue weighted by atomic mass is 32.3. The van der Waals surface area contributed by atoms with E-state index in [0.717, 1.165) is 0 Å². The summed E-state index contributed by atoms with van der Waals surface area (Å²) in [5.41, 5.74) is 10.7. The van der Waals surface area contributed by atoms with Gasteiger partial charge in [-0.3, -0.25) is 0 Å². The first-order chi connectivity index (χ1) is 26.4. The summed E-state index contributed by atoms with van der Waals surface area (Å²) in [7, 11) is -2.18. The topological polar surface area (TPSA) is 0 Å². The van der Waals surface area contributed by atoms with Crippen LogP contribution < -0.4 is 0 Å². The Morgan fingerprint density at radius 3 is 0.396 bits per heavy atom. The van der Waals surface area contributed by atoms with Crippen LogP contribution in [-0.4, -0.2) is 0 Å². The predicted octanol–water partition coefficient (Wildman–Crippen LogP) is 13.9. The smallest absolute Gasteiger partial charge is 0.0415 e. The van der Waals surface area contributed by atoms with Gasteiger partial charge in [0.1, 0.15) is 0 Å². The maximum absolute atomic E-state index is 2.38. The van der Waals surface area contributed by atoms with E-state index < -0.39 is 10.0 Å². The second-order valence-corrected chi connectivity index (χ2v) is 17.1. The molecule has 0 saturated heterocycles. The standard InChI is InChI=1S/C52H44S/c1-9-25-41(26-10-1)49(42-27-11-2-12-28-42)53(50(43-29-13-3-14-30-43)44-31-15-4-16-32-44,51(45-33-17-5-18-34-45)46-35-19-6-20-36-46)52(47-37-21-7-22-38-47)48-39-23-8-24-40-48/h1-40,49-52H. The number of hydrogen-bond acceptors (Lipinski definition) is 0. The van der Waals surface area contributed by atoms with Crippen molar-refractivity contribution < 1.29 is 0 Å². The quantitative estimate of drug-likeness (QED) is 0.119. The fraction of sp³-hybridized carbons (Fsp3) is 0.0769. The van der Waals surface area contributed by atoms with Gasteiger partial charge >= 0.3 is 0 Å². The first kappa shape index (κ1) is 34.2. The monoisotopic (exact) mass is 700 g/mol. The molecule has 0 saturated carbocycles. The predicted molar refractivity (Wildman–Crippen MR) is 226 cm³/mol. The van der Waals surface area contributed by atoms with Gasteiger partial charge in [0.15, 0.2) is 0 Å². The average Bonchev–Trinajstić information content (AvgIpc) is 3.24. The fourth-order valence-electron chi connectivity index (χ4n) is 8.49. The summed E-state index contributed by atoms with van der Waals surface area (Å²) in [4.78, 5) is 0. The highest BCUT2D eigenvalue weighted by molar-refractivity contribution is 8.34. The third-order valence-corrected chi connectivity index (χ3v) is 15.9. The lowest BCUT2D eigenvalue weighted by atomic mass is 10.0. The molecule has 8 rings (SSSR count). The lowest BCUT2D eigenvalue weighted by Crippen LogP contribution is -2.32. The highest BCUT2D eigenvalue weighted by Crippen LogP contribution is 2.87. The van der Waals surface area contributed by atoms with E-state index in [4.69, 9.17) is 0 Å². The van der Waals surface area contributed by atoms with Crippen LogP contribution in [0.3, 0.4) is 0 Å². The molecule has 8 aromatic rings. The molecule has 0 atom stereocenters. The molecule has 0 radical (unpaired) electrons. The minimum atomic E-state index is -2.18. The van der Waals surface area contributed by atoms with Crippen LogP contribution in [0.25, 0.3) is 0 Å². The van der Waals surface area contributed by atoms with Crippen molar-refractivity contribution in [2.45, 2.75) is 21.0 Å². The third kappa shape index (κ3) is 6.89. The van der Waals surface area contributed by atoms with Gasteiger partial charge in [0, 0.05) is 21.0 Å². The fourth-order valence-corrected chi connectivity index (χ4v) is 15.2. The van der Waals surface area contributed by atoms with Crippen LogP contribution in [-0.2, 0) is 0 Å². The molecule has 0 aliphatic carbocycles. The first-order valence-corrected chi connectivity index (χ1v) is 20.4. The molecule has 0 fully saturated rings. The highest BCUT2D eigenvalue weighted by Gasteiger charge is 2.55. The Kier molecular flexibility index (Phi) is 10.5. The molecule has 0 aromatic heterocycles. The van der Waals surface area contributed by atoms with E-state index in [0.29, 0.717) is 0 Å². The summed E-state index contributed by atoms with van der Waals surface area (Å²) < 4.78 is 0. The Hall–Kier alpha value is -5.89. The Morgan fingerprint density at radius 2 is 0.283 bits per heavy atom. The molecule has 0 heterocycles. The molecule has 8 aromatic carbocycles. The SMILES string of the molecule is c1ccc(C(c2ccccc2)S(C(c2ccccc2)c2ccccc2)(C(c2ccccc2)c2ccccc2)C(c2ccccc2)c2ccccc2)cc1. The molecule has 0 aliphatic heterocycles. The normalized spacial score (nSPS) is 12.0. The van der Waals surface area contributed by atoms with Crippen molar-refractivity contribution in [1.29, 1.82) is 0 Å². The van der Waals surface area contributed by atoms with Crippen LogP contribution in [0, 0.1) is 0 Å². The zero-order chi connectivity index (χ0) is 35.7. The van der Waals surface area contributed by atoms with Crippen LogP contribution in [0.4, 0.5) is 0 Å². The number of hydrogen-bond donors (Lipinski definition) is 0. The summed E-state index contributed by atoms with van der Waals surface area (Å²) in [5.74, 6) is 0. The lowest BCUT2D eigenvalue weighted by molar-refractivity contribution is 0.941. The first-order valence-electron chi connectivity index (χ1n) is 18.5. The minimum absolute atomic E-state index is 0.00568. The zero-order valence-corrected chi connectivity index (χ0v) is 30.6. The average molecular weight is 701 g/mol. The summed E-state index contributed by atoms with van der Waals surface area (Å²) in [6, 6.07) is 91.1. The van der Waals surface area contributed by atoms with Gasteiger partial charge in [0.25, 0.3) is 0 Å². The van der Waals surface area contributed by atoms with Gasteiger partial charge in [-0.25, -0.2) is 0 Å². The van der Waals surface area contributed by atoms with E-state index in [9.17, 15) is 0 Å². The van der Waals surface area contributed by atoms with Gasteiger partial charge in [-0.15, -0.1) is 0 Å². The van der Waals surface area contributed by atoms with Gasteiger partial charge in [-0.2, -0.15) is 10.0 Å². The second kappa shape index (κ2) is 16.2.